The molecule has 0 spiro atoms. The summed E-state index contributed by atoms with van der Waals surface area (Å²) < 4.78 is 5.04. The van der Waals surface area contributed by atoms with Gasteiger partial charge in [-0.2, -0.15) is 0 Å². The van der Waals surface area contributed by atoms with Gasteiger partial charge in [0.15, 0.2) is 5.12 Å². The first kappa shape index (κ1) is 19.3. The van der Waals surface area contributed by atoms with E-state index in [4.69, 9.17) is 4.74 Å². The lowest BCUT2D eigenvalue weighted by atomic mass is 10.2. The van der Waals surface area contributed by atoms with E-state index in [-0.39, 0.29) is 35.8 Å². The summed E-state index contributed by atoms with van der Waals surface area (Å²) in [7, 11) is 0. The van der Waals surface area contributed by atoms with Gasteiger partial charge in [0.05, 0.1) is 6.54 Å². The van der Waals surface area contributed by atoms with E-state index in [1.165, 1.54) is 11.8 Å². The Bertz CT molecular complexity index is 502. The summed E-state index contributed by atoms with van der Waals surface area (Å²) in [5, 5.41) is 11.3. The molecule has 23 heavy (non-hydrogen) atoms. The zero-order valence-corrected chi connectivity index (χ0v) is 14.4. The molecule has 0 aromatic heterocycles. The first-order valence-corrected chi connectivity index (χ1v) is 8.04. The molecule has 1 unspecified atom stereocenters. The molecule has 0 saturated carbocycles. The maximum absolute atomic E-state index is 12.0. The summed E-state index contributed by atoms with van der Waals surface area (Å²) in [6.45, 7) is 6.37. The molecule has 2 amide bonds. The number of carboxylic acids is 1. The minimum absolute atomic E-state index is 0.112. The highest BCUT2D eigenvalue weighted by Gasteiger charge is 2.38. The molecule has 0 aliphatic carbocycles. The van der Waals surface area contributed by atoms with Crippen LogP contribution in [-0.4, -0.2) is 63.1 Å². The second-order valence-corrected chi connectivity index (χ2v) is 7.70. The Kier molecular flexibility index (Phi) is 6.43. The molecular weight excluding hydrogens is 324 g/mol. The van der Waals surface area contributed by atoms with Crippen LogP contribution >= 0.6 is 11.8 Å². The van der Waals surface area contributed by atoms with Gasteiger partial charge in [0.2, 0.25) is 5.91 Å². The number of carbonyl (C=O) groups excluding carboxylic acids is 3. The van der Waals surface area contributed by atoms with Crippen molar-refractivity contribution in [3.63, 3.8) is 0 Å². The van der Waals surface area contributed by atoms with E-state index in [9.17, 15) is 24.3 Å². The maximum atomic E-state index is 12.0. The molecule has 0 aromatic carbocycles. The number of nitrogens with one attached hydrogen (secondary N) is 1. The van der Waals surface area contributed by atoms with Gasteiger partial charge in [-0.05, 0) is 20.8 Å². The van der Waals surface area contributed by atoms with Crippen LogP contribution in [0.15, 0.2) is 0 Å². The van der Waals surface area contributed by atoms with Crippen molar-refractivity contribution >= 4 is 34.8 Å². The van der Waals surface area contributed by atoms with E-state index in [0.717, 1.165) is 11.8 Å². The Morgan fingerprint density at radius 2 is 2.04 bits per heavy atom. The Labute approximate surface area is 138 Å². The van der Waals surface area contributed by atoms with Gasteiger partial charge in [-0.15, -0.1) is 0 Å². The Morgan fingerprint density at radius 3 is 2.52 bits per heavy atom. The fraction of sp³-hybridized carbons (Fsp3) is 0.714. The third-order valence-electron chi connectivity index (χ3n) is 2.96. The van der Waals surface area contributed by atoms with Crippen LogP contribution < -0.4 is 5.32 Å². The molecule has 1 saturated heterocycles. The Morgan fingerprint density at radius 1 is 1.43 bits per heavy atom. The second-order valence-electron chi connectivity index (χ2n) is 6.22. The molecule has 1 aliphatic heterocycles. The number of carbonyl (C=O) groups is 4. The number of thioether (sulfide) groups is 1. The van der Waals surface area contributed by atoms with Crippen LogP contribution in [-0.2, 0) is 19.1 Å². The maximum Gasteiger partial charge on any atom is 0.407 e. The van der Waals surface area contributed by atoms with Crippen LogP contribution in [0.3, 0.4) is 0 Å². The number of rotatable bonds is 5. The van der Waals surface area contributed by atoms with Crippen molar-refractivity contribution in [2.75, 3.05) is 13.1 Å². The SMILES string of the molecule is CC(=O)SC1CC(=O)N([C@H](CNC(=O)OC(C)(C)C)C(=O)O)C1. The summed E-state index contributed by atoms with van der Waals surface area (Å²) in [4.78, 5) is 47.3. The van der Waals surface area contributed by atoms with E-state index in [2.05, 4.69) is 5.32 Å². The predicted molar refractivity (Wildman–Crippen MR) is 84.1 cm³/mol. The van der Waals surface area contributed by atoms with E-state index in [0.29, 0.717) is 0 Å². The highest BCUT2D eigenvalue weighted by molar-refractivity contribution is 8.14. The highest BCUT2D eigenvalue weighted by atomic mass is 32.2. The van der Waals surface area contributed by atoms with Gasteiger partial charge in [0.25, 0.3) is 0 Å². The van der Waals surface area contributed by atoms with Crippen LogP contribution in [0, 0.1) is 0 Å². The number of nitrogens with zero attached hydrogens (tertiary/aromatic N) is 1. The van der Waals surface area contributed by atoms with Gasteiger partial charge < -0.3 is 20.1 Å². The molecule has 1 fully saturated rings. The van der Waals surface area contributed by atoms with Gasteiger partial charge in [0.1, 0.15) is 11.6 Å². The average Bonchev–Trinajstić information content (AvgIpc) is 2.66. The lowest BCUT2D eigenvalue weighted by molar-refractivity contribution is -0.148. The number of likely N-dealkylation sites (tertiary alicyclic amines) is 1. The first-order chi connectivity index (χ1) is 10.5. The Balaban J connectivity index is 2.65. The molecule has 130 valence electrons. The smallest absolute Gasteiger partial charge is 0.407 e. The molecule has 8 nitrogen and oxygen atoms in total. The topological polar surface area (TPSA) is 113 Å². The minimum Gasteiger partial charge on any atom is -0.480 e. The largest absolute Gasteiger partial charge is 0.480 e. The standard InChI is InChI=1S/C14H22N2O6S/c1-8(17)23-9-5-11(18)16(7-9)10(12(19)20)6-15-13(21)22-14(2,3)4/h9-10H,5-7H2,1-4H3,(H,15,21)(H,19,20)/t9?,10-/m1/s1. The normalized spacial score (nSPS) is 19.4. The molecule has 0 radical (unpaired) electrons. The van der Waals surface area contributed by atoms with Crippen LogP contribution in [0.25, 0.3) is 0 Å². The van der Waals surface area contributed by atoms with Crippen LogP contribution in [0.5, 0.6) is 0 Å². The summed E-state index contributed by atoms with van der Waals surface area (Å²) in [6, 6.07) is -1.19. The van der Waals surface area contributed by atoms with Gasteiger partial charge >= 0.3 is 12.1 Å². The second kappa shape index (κ2) is 7.67. The number of carboxylic acid groups (broad SMARTS) is 1. The van der Waals surface area contributed by atoms with Crippen molar-refractivity contribution in [2.45, 2.75) is 51.0 Å². The van der Waals surface area contributed by atoms with Crippen molar-refractivity contribution in [3.8, 4) is 0 Å². The van der Waals surface area contributed by atoms with Gasteiger partial charge in [-0.3, -0.25) is 9.59 Å². The number of hydrogen-bond acceptors (Lipinski definition) is 6. The average molecular weight is 346 g/mol. The number of alkyl carbamates (subject to hydrolysis) is 1. The van der Waals surface area contributed by atoms with Crippen molar-refractivity contribution in [1.82, 2.24) is 10.2 Å². The molecule has 1 aliphatic rings. The molecule has 0 aromatic rings. The van der Waals surface area contributed by atoms with Crippen molar-refractivity contribution in [2.24, 2.45) is 0 Å². The van der Waals surface area contributed by atoms with E-state index < -0.39 is 23.7 Å². The summed E-state index contributed by atoms with van der Waals surface area (Å²) in [5.74, 6) is -1.56. The number of hydrogen-bond donors (Lipinski definition) is 2. The quantitative estimate of drug-likeness (QED) is 0.758. The third-order valence-corrected chi connectivity index (χ3v) is 3.94. The molecule has 1 rings (SSSR count). The predicted octanol–water partition coefficient (Wildman–Crippen LogP) is 0.845. The zero-order valence-electron chi connectivity index (χ0n) is 13.6. The van der Waals surface area contributed by atoms with Crippen molar-refractivity contribution < 1.29 is 29.0 Å². The fourth-order valence-electron chi connectivity index (χ4n) is 2.14. The van der Waals surface area contributed by atoms with Crippen LogP contribution in [0.1, 0.15) is 34.1 Å². The number of amides is 2. The van der Waals surface area contributed by atoms with E-state index in [1.54, 1.807) is 20.8 Å². The number of aliphatic carboxylic acids is 1. The van der Waals surface area contributed by atoms with Gasteiger partial charge in [-0.1, -0.05) is 11.8 Å². The molecular formula is C14H22N2O6S. The minimum atomic E-state index is -1.22. The number of ether oxygens (including phenoxy) is 1. The van der Waals surface area contributed by atoms with E-state index in [1.807, 2.05) is 0 Å². The molecule has 2 atom stereocenters. The Hall–Kier alpha value is -1.77. The van der Waals surface area contributed by atoms with Crippen LogP contribution in [0.2, 0.25) is 0 Å². The van der Waals surface area contributed by atoms with Crippen molar-refractivity contribution in [1.29, 1.82) is 0 Å². The molecule has 0 bridgehead atoms. The first-order valence-electron chi connectivity index (χ1n) is 7.16. The molecule has 2 N–H and O–H groups in total. The van der Waals surface area contributed by atoms with Crippen LogP contribution in [0.4, 0.5) is 4.79 Å². The lowest BCUT2D eigenvalue weighted by Crippen LogP contribution is -2.50. The van der Waals surface area contributed by atoms with Gasteiger partial charge in [0, 0.05) is 25.1 Å². The monoisotopic (exact) mass is 346 g/mol. The lowest BCUT2D eigenvalue weighted by Gasteiger charge is -2.26. The molecule has 9 heteroatoms. The fourth-order valence-corrected chi connectivity index (χ4v) is 3.07. The third kappa shape index (κ3) is 6.47. The summed E-state index contributed by atoms with van der Waals surface area (Å²) >= 11 is 1.02. The van der Waals surface area contributed by atoms with E-state index >= 15 is 0 Å². The molecule has 1 heterocycles. The summed E-state index contributed by atoms with van der Waals surface area (Å²) in [5.41, 5.74) is -0.699. The zero-order chi connectivity index (χ0) is 17.8. The highest BCUT2D eigenvalue weighted by Crippen LogP contribution is 2.25. The van der Waals surface area contributed by atoms with Gasteiger partial charge in [-0.25, -0.2) is 9.59 Å². The van der Waals surface area contributed by atoms with Crippen molar-refractivity contribution in [3.05, 3.63) is 0 Å². The summed E-state index contributed by atoms with van der Waals surface area (Å²) in [6.07, 6.45) is -0.634.